The van der Waals surface area contributed by atoms with Gasteiger partial charge in [0, 0.05) is 44.7 Å². The van der Waals surface area contributed by atoms with Gasteiger partial charge >= 0.3 is 35.9 Å². The number of benzene rings is 2. The minimum atomic E-state index is -1.22. The number of rotatable bonds is 28. The van der Waals surface area contributed by atoms with E-state index in [9.17, 15) is 33.9 Å². The number of aromatic nitrogens is 4. The van der Waals surface area contributed by atoms with Gasteiger partial charge in [0.05, 0.1) is 11.9 Å². The van der Waals surface area contributed by atoms with Crippen molar-refractivity contribution in [3.8, 4) is 0 Å². The van der Waals surface area contributed by atoms with Gasteiger partial charge < -0.3 is 72.9 Å². The Morgan fingerprint density at radius 2 is 1.12 bits per heavy atom. The minimum Gasteiger partial charge on any atom is -0.481 e. The van der Waals surface area contributed by atoms with Gasteiger partial charge in [-0.05, 0) is 98.1 Å². The molecule has 0 fully saturated rings. The largest absolute Gasteiger partial charge is 0.481 e. The number of carbonyl (C=O) groups is 6. The van der Waals surface area contributed by atoms with Crippen molar-refractivity contribution < 1.29 is 57.5 Å². The number of hydrogen-bond donors (Lipinski definition) is 10. The van der Waals surface area contributed by atoms with Crippen molar-refractivity contribution in [2.45, 2.75) is 167 Å². The lowest BCUT2D eigenvalue weighted by molar-refractivity contribution is -0.157. The van der Waals surface area contributed by atoms with Crippen LogP contribution in [0.5, 0.6) is 0 Å². The third-order valence-electron chi connectivity index (χ3n) is 10.9. The van der Waals surface area contributed by atoms with E-state index in [0.29, 0.717) is 37.6 Å². The second-order valence-corrected chi connectivity index (χ2v) is 20.4. The number of guanidine groups is 1. The monoisotopic (exact) mass is 1090 g/mol. The highest BCUT2D eigenvalue weighted by molar-refractivity contribution is 5.84. The number of esters is 2. The van der Waals surface area contributed by atoms with Crippen LogP contribution in [0, 0.1) is 0 Å². The van der Waals surface area contributed by atoms with Crippen molar-refractivity contribution in [3.63, 3.8) is 0 Å². The lowest BCUT2D eigenvalue weighted by Crippen LogP contribution is -2.49. The zero-order valence-electron chi connectivity index (χ0n) is 45.7. The molecule has 0 spiro atoms. The first kappa shape index (κ1) is 64.1. The number of hydrogen-bond acceptors (Lipinski definition) is 17. The standard InChI is InChI=1S/C31H48N6O6.C21H30N8O6/c1-20(13-12-18-33-21(2)32)26-36-27(43-37-26)23(16-17-25(38)41-30(3,4)5)34-29(40)35-24(28(39)42-31(6,7)8)19-22-14-10-9-11-15-22;22-13(7-4-10-25-20(23)24)17-28-18(35-29-17)14(8-9-16(30)31)26-21(34)27-15(19(32)33)11-12-5-2-1-3-6-12/h9-11,14-15,20,23-24H,12-13,16-19H2,1-8H3,(H2,32,33)(H2,34,35,40);1-3,5-6,13-15H,4,7-11,22H2,(H,30,31)(H,32,33)(H4,23,24,25)(H2,26,27,34)/t20-,23-,24-;13-,14-,15-/m00/s1. The van der Waals surface area contributed by atoms with Crippen LogP contribution in [0.25, 0.3) is 0 Å². The van der Waals surface area contributed by atoms with E-state index in [4.69, 9.17) is 46.6 Å². The molecular weight excluding hydrogens is 1010 g/mol. The first-order valence-electron chi connectivity index (χ1n) is 25.5. The van der Waals surface area contributed by atoms with Gasteiger partial charge in [-0.25, -0.2) is 19.2 Å². The van der Waals surface area contributed by atoms with E-state index in [1.54, 1.807) is 78.8 Å². The lowest BCUT2D eigenvalue weighted by Gasteiger charge is -2.25. The van der Waals surface area contributed by atoms with Gasteiger partial charge in [0.1, 0.15) is 35.4 Å². The number of amidine groups is 1. The summed E-state index contributed by atoms with van der Waals surface area (Å²) in [4.78, 5) is 90.9. The molecule has 26 heteroatoms. The van der Waals surface area contributed by atoms with Crippen LogP contribution >= 0.6 is 0 Å². The molecular formula is C52H78N14O12. The van der Waals surface area contributed by atoms with Gasteiger partial charge in [0.2, 0.25) is 11.8 Å². The van der Waals surface area contributed by atoms with Crippen molar-refractivity contribution in [2.24, 2.45) is 32.9 Å². The SMILES string of the molecule is CC(N)=NCCC[C@H](C)c1noc([C@H](CCC(=O)OC(C)(C)C)NC(=O)N[C@@H](Cc2ccccc2)C(=O)OC(C)(C)C)n1.NC(N)=NCCC[C@H](N)c1noc([C@H](CCC(=O)O)NC(=O)N[C@@H](Cc2ccccc2)C(=O)O)n1. The van der Waals surface area contributed by atoms with Crippen LogP contribution in [0.1, 0.15) is 165 Å². The quantitative estimate of drug-likeness (QED) is 0.0158. The van der Waals surface area contributed by atoms with E-state index in [2.05, 4.69) is 51.5 Å². The molecule has 26 nitrogen and oxygen atoms in total. The molecule has 0 aliphatic heterocycles. The number of urea groups is 2. The molecule has 6 atom stereocenters. The molecule has 0 aliphatic rings. The van der Waals surface area contributed by atoms with Crippen molar-refractivity contribution >= 4 is 47.7 Å². The van der Waals surface area contributed by atoms with Crippen LogP contribution in [0.2, 0.25) is 0 Å². The number of ether oxygens (including phenoxy) is 2. The average Bonchev–Trinajstić information content (AvgIpc) is 4.06. The van der Waals surface area contributed by atoms with E-state index in [0.717, 1.165) is 24.0 Å². The third-order valence-corrected chi connectivity index (χ3v) is 10.9. The number of nitrogens with two attached hydrogens (primary N) is 4. The molecule has 4 aromatic rings. The summed E-state index contributed by atoms with van der Waals surface area (Å²) in [6, 6.07) is 12.1. The van der Waals surface area contributed by atoms with Crippen molar-refractivity contribution in [1.29, 1.82) is 0 Å². The molecule has 0 saturated heterocycles. The number of aliphatic carboxylic acids is 2. The number of carboxylic acids is 2. The molecule has 4 amide bonds. The molecule has 0 saturated carbocycles. The molecule has 2 heterocycles. The van der Waals surface area contributed by atoms with Crippen LogP contribution < -0.4 is 44.2 Å². The van der Waals surface area contributed by atoms with Crippen LogP contribution in [-0.4, -0.2) is 115 Å². The molecule has 0 radical (unpaired) electrons. The Morgan fingerprint density at radius 3 is 1.62 bits per heavy atom. The zero-order chi connectivity index (χ0) is 58.0. The van der Waals surface area contributed by atoms with Crippen molar-refractivity contribution in [1.82, 2.24) is 41.5 Å². The Bertz CT molecular complexity index is 2570. The summed E-state index contributed by atoms with van der Waals surface area (Å²) in [6.45, 7) is 15.3. The normalized spacial score (nSPS) is 13.9. The summed E-state index contributed by atoms with van der Waals surface area (Å²) in [6.07, 6.45) is 2.58. The Morgan fingerprint density at radius 1 is 0.641 bits per heavy atom. The van der Waals surface area contributed by atoms with E-state index in [-0.39, 0.29) is 68.0 Å². The smallest absolute Gasteiger partial charge is 0.329 e. The molecule has 4 rings (SSSR count). The van der Waals surface area contributed by atoms with Crippen molar-refractivity contribution in [2.75, 3.05) is 13.1 Å². The van der Waals surface area contributed by atoms with Gasteiger partial charge in [-0.2, -0.15) is 9.97 Å². The van der Waals surface area contributed by atoms with Gasteiger partial charge in [0.25, 0.3) is 0 Å². The second kappa shape index (κ2) is 31.8. The van der Waals surface area contributed by atoms with Gasteiger partial charge in [-0.3, -0.25) is 19.6 Å². The maximum atomic E-state index is 13.3. The predicted molar refractivity (Wildman–Crippen MR) is 287 cm³/mol. The van der Waals surface area contributed by atoms with Gasteiger partial charge in [-0.15, -0.1) is 0 Å². The zero-order valence-corrected chi connectivity index (χ0v) is 45.7. The van der Waals surface area contributed by atoms with Crippen LogP contribution in [0.15, 0.2) is 79.7 Å². The summed E-state index contributed by atoms with van der Waals surface area (Å²) in [7, 11) is 0. The Kier molecular flexibility index (Phi) is 26.1. The molecule has 0 bridgehead atoms. The highest BCUT2D eigenvalue weighted by Gasteiger charge is 2.31. The average molecular weight is 1090 g/mol. The molecule has 0 unspecified atom stereocenters. The molecule has 2 aromatic heterocycles. The van der Waals surface area contributed by atoms with E-state index < -0.39 is 77.4 Å². The number of aliphatic imine (C=N–C) groups is 2. The second-order valence-electron chi connectivity index (χ2n) is 20.4. The highest BCUT2D eigenvalue weighted by Crippen LogP contribution is 2.24. The van der Waals surface area contributed by atoms with E-state index >= 15 is 0 Å². The molecule has 0 aliphatic carbocycles. The fraction of sp³-hybridized carbons (Fsp3) is 0.538. The minimum absolute atomic E-state index is 0.00849. The third kappa shape index (κ3) is 26.1. The van der Waals surface area contributed by atoms with Crippen LogP contribution in [0.4, 0.5) is 9.59 Å². The lowest BCUT2D eigenvalue weighted by atomic mass is 10.1. The molecule has 428 valence electrons. The van der Waals surface area contributed by atoms with Crippen molar-refractivity contribution in [3.05, 3.63) is 95.2 Å². The van der Waals surface area contributed by atoms with E-state index in [1.807, 2.05) is 37.3 Å². The number of carbonyl (C=O) groups excluding carboxylic acids is 4. The fourth-order valence-corrected chi connectivity index (χ4v) is 7.18. The molecule has 2 aromatic carbocycles. The Hall–Kier alpha value is -8.16. The highest BCUT2D eigenvalue weighted by atomic mass is 16.6. The number of amides is 4. The Labute approximate surface area is 453 Å². The maximum Gasteiger partial charge on any atom is 0.329 e. The van der Waals surface area contributed by atoms with Crippen LogP contribution in [0.3, 0.4) is 0 Å². The first-order valence-corrected chi connectivity index (χ1v) is 25.5. The summed E-state index contributed by atoms with van der Waals surface area (Å²) in [5, 5.41) is 36.9. The summed E-state index contributed by atoms with van der Waals surface area (Å²) >= 11 is 0. The molecule has 78 heavy (non-hydrogen) atoms. The van der Waals surface area contributed by atoms with Gasteiger partial charge in [-0.1, -0.05) is 77.9 Å². The van der Waals surface area contributed by atoms with Crippen LogP contribution in [-0.2, 0) is 41.5 Å². The number of carboxylic acid groups (broad SMARTS) is 2. The number of nitrogens with one attached hydrogen (secondary N) is 4. The summed E-state index contributed by atoms with van der Waals surface area (Å²) < 4.78 is 21.8. The van der Waals surface area contributed by atoms with Gasteiger partial charge in [0.15, 0.2) is 17.6 Å². The Balaban J connectivity index is 0.000000419. The molecule has 14 N–H and O–H groups in total. The summed E-state index contributed by atoms with van der Waals surface area (Å²) in [5.74, 6) is -2.11. The predicted octanol–water partition coefficient (Wildman–Crippen LogP) is 4.77. The fourth-order valence-electron chi connectivity index (χ4n) is 7.18. The van der Waals surface area contributed by atoms with E-state index in [1.165, 1.54) is 0 Å². The topological polar surface area (TPSA) is 416 Å². The maximum absolute atomic E-state index is 13.3. The summed E-state index contributed by atoms with van der Waals surface area (Å²) in [5.41, 5.74) is 22.4. The number of nitrogens with zero attached hydrogens (tertiary/aromatic N) is 6. The first-order chi connectivity index (χ1) is 36.7.